The summed E-state index contributed by atoms with van der Waals surface area (Å²) in [5, 5.41) is 6.15. The number of amides is 1. The molecule has 1 aromatic rings. The van der Waals surface area contributed by atoms with E-state index >= 15 is 0 Å². The van der Waals surface area contributed by atoms with Gasteiger partial charge in [0, 0.05) is 12.2 Å². The molecule has 0 aliphatic rings. The summed E-state index contributed by atoms with van der Waals surface area (Å²) in [5.74, 6) is 1.13. The lowest BCUT2D eigenvalue weighted by molar-refractivity contribution is -0.119. The van der Waals surface area contributed by atoms with Crippen molar-refractivity contribution in [2.45, 2.75) is 40.0 Å². The molecule has 106 valence electrons. The number of para-hydroxylation sites is 1. The SMILES string of the molecule is CC(C)CCNC(=O)CNc1ccccc1C(C)C. The van der Waals surface area contributed by atoms with Crippen LogP contribution < -0.4 is 10.6 Å². The third-order valence-electron chi connectivity index (χ3n) is 3.07. The van der Waals surface area contributed by atoms with Crippen molar-refractivity contribution < 1.29 is 4.79 Å². The molecule has 0 bridgehead atoms. The molecule has 0 aliphatic carbocycles. The second-order valence-electron chi connectivity index (χ2n) is 5.63. The smallest absolute Gasteiger partial charge is 0.239 e. The molecule has 0 atom stereocenters. The Hall–Kier alpha value is -1.51. The Morgan fingerprint density at radius 3 is 2.47 bits per heavy atom. The van der Waals surface area contributed by atoms with Crippen molar-refractivity contribution in [2.75, 3.05) is 18.4 Å². The number of rotatable bonds is 7. The number of benzene rings is 1. The summed E-state index contributed by atoms with van der Waals surface area (Å²) in [5.41, 5.74) is 2.30. The molecule has 3 nitrogen and oxygen atoms in total. The minimum Gasteiger partial charge on any atom is -0.376 e. The van der Waals surface area contributed by atoms with Gasteiger partial charge in [0.05, 0.1) is 6.54 Å². The maximum Gasteiger partial charge on any atom is 0.239 e. The van der Waals surface area contributed by atoms with Gasteiger partial charge in [0.15, 0.2) is 0 Å². The van der Waals surface area contributed by atoms with Gasteiger partial charge in [0.25, 0.3) is 0 Å². The highest BCUT2D eigenvalue weighted by atomic mass is 16.1. The Labute approximate surface area is 116 Å². The van der Waals surface area contributed by atoms with Crippen molar-refractivity contribution in [3.8, 4) is 0 Å². The minimum absolute atomic E-state index is 0.0548. The van der Waals surface area contributed by atoms with Crippen molar-refractivity contribution in [2.24, 2.45) is 5.92 Å². The number of anilines is 1. The highest BCUT2D eigenvalue weighted by Gasteiger charge is 2.07. The Kier molecular flexibility index (Phi) is 6.40. The highest BCUT2D eigenvalue weighted by Crippen LogP contribution is 2.23. The second-order valence-corrected chi connectivity index (χ2v) is 5.63. The number of hydrogen-bond donors (Lipinski definition) is 2. The largest absolute Gasteiger partial charge is 0.376 e. The molecule has 1 rings (SSSR count). The van der Waals surface area contributed by atoms with Gasteiger partial charge in [-0.2, -0.15) is 0 Å². The molecule has 19 heavy (non-hydrogen) atoms. The molecule has 0 spiro atoms. The van der Waals surface area contributed by atoms with Gasteiger partial charge in [0.1, 0.15) is 0 Å². The van der Waals surface area contributed by atoms with Gasteiger partial charge in [-0.25, -0.2) is 0 Å². The van der Waals surface area contributed by atoms with Crippen LogP contribution in [-0.4, -0.2) is 19.0 Å². The first-order valence-corrected chi connectivity index (χ1v) is 7.10. The average Bonchev–Trinajstić information content (AvgIpc) is 2.36. The van der Waals surface area contributed by atoms with Crippen molar-refractivity contribution in [1.29, 1.82) is 0 Å². The van der Waals surface area contributed by atoms with Crippen molar-refractivity contribution in [3.63, 3.8) is 0 Å². The van der Waals surface area contributed by atoms with Gasteiger partial charge in [-0.15, -0.1) is 0 Å². The zero-order valence-corrected chi connectivity index (χ0v) is 12.5. The van der Waals surface area contributed by atoms with Gasteiger partial charge < -0.3 is 10.6 Å². The molecule has 0 unspecified atom stereocenters. The zero-order chi connectivity index (χ0) is 14.3. The fourth-order valence-electron chi connectivity index (χ4n) is 1.90. The summed E-state index contributed by atoms with van der Waals surface area (Å²) in [7, 11) is 0. The van der Waals surface area contributed by atoms with Crippen LogP contribution in [0.2, 0.25) is 0 Å². The van der Waals surface area contributed by atoms with E-state index in [0.717, 1.165) is 18.7 Å². The van der Waals surface area contributed by atoms with Crippen molar-refractivity contribution >= 4 is 11.6 Å². The molecule has 0 radical (unpaired) electrons. The Morgan fingerprint density at radius 2 is 1.84 bits per heavy atom. The predicted octanol–water partition coefficient (Wildman–Crippen LogP) is 3.38. The average molecular weight is 262 g/mol. The summed E-state index contributed by atoms with van der Waals surface area (Å²) in [6, 6.07) is 8.15. The van der Waals surface area contributed by atoms with Crippen LogP contribution in [-0.2, 0) is 4.79 Å². The third-order valence-corrected chi connectivity index (χ3v) is 3.07. The number of hydrogen-bond acceptors (Lipinski definition) is 2. The number of nitrogens with one attached hydrogen (secondary N) is 2. The molecule has 3 heteroatoms. The molecule has 0 saturated heterocycles. The Bertz CT molecular complexity index is 399. The standard InChI is InChI=1S/C16H26N2O/c1-12(2)9-10-17-16(19)11-18-15-8-6-5-7-14(15)13(3)4/h5-8,12-13,18H,9-11H2,1-4H3,(H,17,19). The first-order chi connectivity index (χ1) is 9.00. The number of carbonyl (C=O) groups excluding carboxylic acids is 1. The fraction of sp³-hybridized carbons (Fsp3) is 0.562. The number of carbonyl (C=O) groups is 1. The first kappa shape index (κ1) is 15.5. The summed E-state index contributed by atoms with van der Waals surface area (Å²) in [6.45, 7) is 9.71. The summed E-state index contributed by atoms with van der Waals surface area (Å²) >= 11 is 0. The molecule has 1 aromatic carbocycles. The van der Waals surface area contributed by atoms with Crippen LogP contribution in [0.25, 0.3) is 0 Å². The Morgan fingerprint density at radius 1 is 1.16 bits per heavy atom. The van der Waals surface area contributed by atoms with Gasteiger partial charge in [-0.3, -0.25) is 4.79 Å². The van der Waals surface area contributed by atoms with Crippen molar-refractivity contribution in [1.82, 2.24) is 5.32 Å². The van der Waals surface area contributed by atoms with E-state index in [4.69, 9.17) is 0 Å². The van der Waals surface area contributed by atoms with Gasteiger partial charge in [-0.1, -0.05) is 45.9 Å². The van der Waals surface area contributed by atoms with Crippen LogP contribution in [0, 0.1) is 5.92 Å². The monoisotopic (exact) mass is 262 g/mol. The maximum atomic E-state index is 11.7. The summed E-state index contributed by atoms with van der Waals surface area (Å²) in [4.78, 5) is 11.7. The normalized spacial score (nSPS) is 10.8. The third kappa shape index (κ3) is 5.77. The van der Waals surface area contributed by atoms with Crippen LogP contribution in [0.5, 0.6) is 0 Å². The zero-order valence-electron chi connectivity index (χ0n) is 12.5. The van der Waals surface area contributed by atoms with E-state index in [-0.39, 0.29) is 5.91 Å². The van der Waals surface area contributed by atoms with Crippen molar-refractivity contribution in [3.05, 3.63) is 29.8 Å². The lowest BCUT2D eigenvalue weighted by Crippen LogP contribution is -2.31. The topological polar surface area (TPSA) is 41.1 Å². The van der Waals surface area contributed by atoms with Crippen LogP contribution in [0.3, 0.4) is 0 Å². The molecule has 0 aromatic heterocycles. The molecule has 1 amide bonds. The molecule has 0 fully saturated rings. The molecule has 0 aliphatic heterocycles. The van der Waals surface area contributed by atoms with Crippen LogP contribution in [0.15, 0.2) is 24.3 Å². The highest BCUT2D eigenvalue weighted by molar-refractivity contribution is 5.80. The van der Waals surface area contributed by atoms with Gasteiger partial charge in [0.2, 0.25) is 5.91 Å². The Balaban J connectivity index is 2.42. The summed E-state index contributed by atoms with van der Waals surface area (Å²) < 4.78 is 0. The van der Waals surface area contributed by atoms with E-state index in [2.05, 4.69) is 44.4 Å². The summed E-state index contributed by atoms with van der Waals surface area (Å²) in [6.07, 6.45) is 1.02. The molecule has 2 N–H and O–H groups in total. The molecular formula is C16H26N2O. The fourth-order valence-corrected chi connectivity index (χ4v) is 1.90. The second kappa shape index (κ2) is 7.82. The first-order valence-electron chi connectivity index (χ1n) is 7.10. The van der Waals surface area contributed by atoms with E-state index in [9.17, 15) is 4.79 Å². The molecule has 0 saturated carbocycles. The van der Waals surface area contributed by atoms with Gasteiger partial charge in [-0.05, 0) is 29.9 Å². The lowest BCUT2D eigenvalue weighted by atomic mass is 10.0. The quantitative estimate of drug-likeness (QED) is 0.791. The molecule has 0 heterocycles. The van der Waals surface area contributed by atoms with E-state index in [1.54, 1.807) is 0 Å². The van der Waals surface area contributed by atoms with Crippen LogP contribution in [0.1, 0.15) is 45.6 Å². The maximum absolute atomic E-state index is 11.7. The minimum atomic E-state index is 0.0548. The van der Waals surface area contributed by atoms with Gasteiger partial charge >= 0.3 is 0 Å². The lowest BCUT2D eigenvalue weighted by Gasteiger charge is -2.14. The van der Waals surface area contributed by atoms with E-state index in [1.165, 1.54) is 5.56 Å². The van der Waals surface area contributed by atoms with Crippen LogP contribution >= 0.6 is 0 Å². The van der Waals surface area contributed by atoms with E-state index < -0.39 is 0 Å². The van der Waals surface area contributed by atoms with E-state index in [1.807, 2.05) is 18.2 Å². The predicted molar refractivity (Wildman–Crippen MR) is 81.5 cm³/mol. The molecular weight excluding hydrogens is 236 g/mol. The van der Waals surface area contributed by atoms with Crippen LogP contribution in [0.4, 0.5) is 5.69 Å². The van der Waals surface area contributed by atoms with E-state index in [0.29, 0.717) is 18.4 Å².